The van der Waals surface area contributed by atoms with Gasteiger partial charge in [0.2, 0.25) is 23.6 Å². The number of rotatable bonds is 8. The number of para-hydroxylation sites is 1. The number of nitrogens with zero attached hydrogens (tertiary/aromatic N) is 2. The summed E-state index contributed by atoms with van der Waals surface area (Å²) < 4.78 is 5.61. The Morgan fingerprint density at radius 1 is 0.745 bits per heavy atom. The van der Waals surface area contributed by atoms with Crippen molar-refractivity contribution in [1.29, 1.82) is 0 Å². The zero-order valence-corrected chi connectivity index (χ0v) is 28.0. The number of amides is 4. The lowest BCUT2D eigenvalue weighted by atomic mass is 9.51. The SMILES string of the molecule is C[C@@]12C(=O)N(c3ccccc3)C(=O)[C@@H]1C[C@@H]1C(=CC[C@@H]3C(=O)N(c4ccc(C(=O)c5ccccc5)cc4)C(=O)[C@@H]31)[C@@H]2c1ccc(OCCO)cc1. The lowest BCUT2D eigenvalue weighted by Gasteiger charge is -2.49. The molecule has 256 valence electrons. The Kier molecular flexibility index (Phi) is 8.03. The first kappa shape index (κ1) is 32.5. The Balaban J connectivity index is 1.16. The van der Waals surface area contributed by atoms with Crippen LogP contribution in [0.2, 0.25) is 0 Å². The van der Waals surface area contributed by atoms with E-state index in [4.69, 9.17) is 4.74 Å². The van der Waals surface area contributed by atoms with Crippen LogP contribution in [0.25, 0.3) is 0 Å². The van der Waals surface area contributed by atoms with Crippen LogP contribution in [-0.4, -0.2) is 47.7 Å². The zero-order valence-electron chi connectivity index (χ0n) is 28.0. The lowest BCUT2D eigenvalue weighted by Crippen LogP contribution is -2.48. The van der Waals surface area contributed by atoms with Crippen molar-refractivity contribution in [2.24, 2.45) is 29.1 Å². The minimum Gasteiger partial charge on any atom is -0.491 e. The molecular weight excluding hydrogens is 644 g/mol. The summed E-state index contributed by atoms with van der Waals surface area (Å²) in [5.74, 6) is -3.91. The molecule has 2 heterocycles. The molecule has 1 N–H and O–H groups in total. The van der Waals surface area contributed by atoms with E-state index < -0.39 is 35.0 Å². The molecule has 6 atom stereocenters. The molecular formula is C42H36N2O7. The number of ether oxygens (including phenoxy) is 1. The maximum absolute atomic E-state index is 14.6. The van der Waals surface area contributed by atoms with Crippen LogP contribution in [0.4, 0.5) is 11.4 Å². The smallest absolute Gasteiger partial charge is 0.241 e. The molecule has 3 fully saturated rings. The summed E-state index contributed by atoms with van der Waals surface area (Å²) in [6.45, 7) is 1.86. The van der Waals surface area contributed by atoms with Gasteiger partial charge in [-0.1, -0.05) is 72.3 Å². The highest BCUT2D eigenvalue weighted by Gasteiger charge is 2.67. The predicted molar refractivity (Wildman–Crippen MR) is 189 cm³/mol. The van der Waals surface area contributed by atoms with E-state index >= 15 is 0 Å². The van der Waals surface area contributed by atoms with Gasteiger partial charge in [-0.05, 0) is 79.8 Å². The molecule has 2 saturated heterocycles. The molecule has 4 amide bonds. The van der Waals surface area contributed by atoms with Gasteiger partial charge in [0.1, 0.15) is 12.4 Å². The third-order valence-corrected chi connectivity index (χ3v) is 11.3. The Morgan fingerprint density at radius 3 is 2.04 bits per heavy atom. The Labute approximate surface area is 295 Å². The van der Waals surface area contributed by atoms with E-state index in [-0.39, 0.29) is 49.0 Å². The highest BCUT2D eigenvalue weighted by Crippen LogP contribution is 2.63. The molecule has 0 unspecified atom stereocenters. The summed E-state index contributed by atoms with van der Waals surface area (Å²) in [4.78, 5) is 72.9. The van der Waals surface area contributed by atoms with Crippen LogP contribution < -0.4 is 14.5 Å². The van der Waals surface area contributed by atoms with Crippen LogP contribution in [0.3, 0.4) is 0 Å². The van der Waals surface area contributed by atoms with Gasteiger partial charge in [0.15, 0.2) is 5.78 Å². The summed E-state index contributed by atoms with van der Waals surface area (Å²) in [6.07, 6.45) is 2.60. The molecule has 4 aromatic carbocycles. The molecule has 51 heavy (non-hydrogen) atoms. The number of carbonyl (C=O) groups is 5. The molecule has 0 radical (unpaired) electrons. The van der Waals surface area contributed by atoms with Crippen molar-refractivity contribution in [2.45, 2.75) is 25.7 Å². The summed E-state index contributed by atoms with van der Waals surface area (Å²) in [6, 6.07) is 31.7. The van der Waals surface area contributed by atoms with E-state index in [1.54, 1.807) is 84.9 Å². The second-order valence-electron chi connectivity index (χ2n) is 13.9. The second kappa shape index (κ2) is 12.6. The number of fused-ring (bicyclic) bond motifs is 4. The van der Waals surface area contributed by atoms with Crippen molar-refractivity contribution < 1.29 is 33.8 Å². The van der Waals surface area contributed by atoms with Crippen LogP contribution in [-0.2, 0) is 19.2 Å². The van der Waals surface area contributed by atoms with Gasteiger partial charge in [-0.2, -0.15) is 0 Å². The van der Waals surface area contributed by atoms with Gasteiger partial charge in [0, 0.05) is 17.0 Å². The summed E-state index contributed by atoms with van der Waals surface area (Å²) in [5, 5.41) is 9.23. The van der Waals surface area contributed by atoms with Crippen LogP contribution in [0.5, 0.6) is 5.75 Å². The van der Waals surface area contributed by atoms with Crippen LogP contribution in [0.1, 0.15) is 47.2 Å². The van der Waals surface area contributed by atoms with Gasteiger partial charge < -0.3 is 9.84 Å². The number of benzene rings is 4. The fraction of sp³-hybridized carbons (Fsp3) is 0.262. The van der Waals surface area contributed by atoms with E-state index in [0.29, 0.717) is 34.7 Å². The Morgan fingerprint density at radius 2 is 1.37 bits per heavy atom. The maximum atomic E-state index is 14.6. The van der Waals surface area contributed by atoms with E-state index in [1.165, 1.54) is 9.80 Å². The van der Waals surface area contributed by atoms with Gasteiger partial charge >= 0.3 is 0 Å². The zero-order chi connectivity index (χ0) is 35.4. The quantitative estimate of drug-likeness (QED) is 0.144. The number of allylic oxidation sites excluding steroid dienone is 2. The highest BCUT2D eigenvalue weighted by molar-refractivity contribution is 6.25. The van der Waals surface area contributed by atoms with Crippen molar-refractivity contribution in [3.05, 3.63) is 138 Å². The Bertz CT molecular complexity index is 2080. The molecule has 8 rings (SSSR count). The third kappa shape index (κ3) is 5.06. The normalized spacial score (nSPS) is 26.8. The monoisotopic (exact) mass is 680 g/mol. The minimum atomic E-state index is -1.15. The average Bonchev–Trinajstić information content (AvgIpc) is 3.54. The molecule has 0 spiro atoms. The number of imide groups is 2. The summed E-state index contributed by atoms with van der Waals surface area (Å²) in [7, 11) is 0. The van der Waals surface area contributed by atoms with Crippen LogP contribution in [0, 0.1) is 29.1 Å². The fourth-order valence-electron chi connectivity index (χ4n) is 8.91. The van der Waals surface area contributed by atoms with Crippen molar-refractivity contribution in [3.63, 3.8) is 0 Å². The van der Waals surface area contributed by atoms with Gasteiger partial charge in [-0.25, -0.2) is 4.90 Å². The fourth-order valence-corrected chi connectivity index (χ4v) is 8.91. The third-order valence-electron chi connectivity index (χ3n) is 11.3. The molecule has 0 bridgehead atoms. The first-order valence-corrected chi connectivity index (χ1v) is 17.3. The van der Waals surface area contributed by atoms with E-state index in [1.807, 2.05) is 37.3 Å². The number of aliphatic hydroxyl groups is 1. The topological polar surface area (TPSA) is 121 Å². The minimum absolute atomic E-state index is 0.132. The number of anilines is 2. The molecule has 9 nitrogen and oxygen atoms in total. The van der Waals surface area contributed by atoms with Gasteiger partial charge in [-0.15, -0.1) is 0 Å². The number of carbonyl (C=O) groups excluding carboxylic acids is 5. The predicted octanol–water partition coefficient (Wildman–Crippen LogP) is 5.72. The van der Waals surface area contributed by atoms with Crippen LogP contribution in [0.15, 0.2) is 121 Å². The van der Waals surface area contributed by atoms with E-state index in [0.717, 1.165) is 11.1 Å². The van der Waals surface area contributed by atoms with E-state index in [2.05, 4.69) is 0 Å². The standard InChI is InChI=1S/C42H36N2O7/c1-42-34(39(48)44(41(42)50)28-10-6-3-7-11-28)24-33-31(36(42)25-14-18-30(19-15-25)51-23-22-45)20-21-32-35(33)40(49)43(38(32)47)29-16-12-27(13-17-29)37(46)26-8-4-2-5-9-26/h2-20,32-36,45H,21-24H2,1H3/t32-,33+,34-,35-,36-,42+/m0/s1. The van der Waals surface area contributed by atoms with Crippen molar-refractivity contribution >= 4 is 40.8 Å². The van der Waals surface area contributed by atoms with Gasteiger partial charge in [0.05, 0.1) is 41.2 Å². The molecule has 4 aliphatic rings. The molecule has 2 aliphatic carbocycles. The number of ketones is 1. The van der Waals surface area contributed by atoms with Crippen molar-refractivity contribution in [3.8, 4) is 5.75 Å². The maximum Gasteiger partial charge on any atom is 0.241 e. The number of aliphatic hydroxyl groups excluding tert-OH is 1. The van der Waals surface area contributed by atoms with Crippen molar-refractivity contribution in [1.82, 2.24) is 0 Å². The summed E-state index contributed by atoms with van der Waals surface area (Å²) in [5.41, 5.74) is 2.42. The molecule has 1 saturated carbocycles. The average molecular weight is 681 g/mol. The first-order chi connectivity index (χ1) is 24.7. The summed E-state index contributed by atoms with van der Waals surface area (Å²) >= 11 is 0. The van der Waals surface area contributed by atoms with E-state index in [9.17, 15) is 29.1 Å². The molecule has 4 aromatic rings. The molecule has 2 aliphatic heterocycles. The molecule has 0 aromatic heterocycles. The van der Waals surface area contributed by atoms with Crippen molar-refractivity contribution in [2.75, 3.05) is 23.0 Å². The Hall–Kier alpha value is -5.67. The highest BCUT2D eigenvalue weighted by atomic mass is 16.5. The first-order valence-electron chi connectivity index (χ1n) is 17.3. The molecule has 9 heteroatoms. The largest absolute Gasteiger partial charge is 0.491 e. The number of hydrogen-bond donors (Lipinski definition) is 1. The second-order valence-corrected chi connectivity index (χ2v) is 13.9. The number of hydrogen-bond acceptors (Lipinski definition) is 7. The van der Waals surface area contributed by atoms with Gasteiger partial charge in [-0.3, -0.25) is 28.9 Å². The van der Waals surface area contributed by atoms with Gasteiger partial charge in [0.25, 0.3) is 0 Å². The lowest BCUT2D eigenvalue weighted by molar-refractivity contribution is -0.131. The van der Waals surface area contributed by atoms with Crippen LogP contribution >= 0.6 is 0 Å².